The summed E-state index contributed by atoms with van der Waals surface area (Å²) >= 11 is 8.76. The number of fused-ring (bicyclic) bond motifs is 1. The number of anilines is 1. The molecule has 4 rings (SSSR count). The Morgan fingerprint density at radius 2 is 1.96 bits per heavy atom. The SMILES string of the molecule is CSc1ncc(Cl)c(C(=O)Nc2nc(-c3ccc4ccccc4c3)cs2)n1. The van der Waals surface area contributed by atoms with Crippen molar-refractivity contribution in [3.05, 3.63) is 64.8 Å². The second-order valence-corrected chi connectivity index (χ2v) is 7.65. The van der Waals surface area contributed by atoms with Gasteiger partial charge in [-0.15, -0.1) is 11.3 Å². The number of carbonyl (C=O) groups excluding carboxylic acids is 1. The fourth-order valence-electron chi connectivity index (χ4n) is 2.58. The molecule has 0 radical (unpaired) electrons. The monoisotopic (exact) mass is 412 g/mol. The lowest BCUT2D eigenvalue weighted by Crippen LogP contribution is -2.15. The van der Waals surface area contributed by atoms with Gasteiger partial charge in [-0.25, -0.2) is 15.0 Å². The molecule has 0 aliphatic carbocycles. The molecule has 0 saturated heterocycles. The minimum Gasteiger partial charge on any atom is -0.296 e. The van der Waals surface area contributed by atoms with Crippen molar-refractivity contribution in [3.8, 4) is 11.3 Å². The van der Waals surface area contributed by atoms with E-state index in [-0.39, 0.29) is 10.7 Å². The van der Waals surface area contributed by atoms with Crippen LogP contribution in [0.4, 0.5) is 5.13 Å². The van der Waals surface area contributed by atoms with E-state index < -0.39 is 5.91 Å². The molecule has 0 unspecified atom stereocenters. The molecule has 0 aliphatic heterocycles. The van der Waals surface area contributed by atoms with Crippen molar-refractivity contribution in [2.24, 2.45) is 0 Å². The van der Waals surface area contributed by atoms with Gasteiger partial charge in [0.1, 0.15) is 0 Å². The van der Waals surface area contributed by atoms with Crippen LogP contribution < -0.4 is 5.32 Å². The smallest absolute Gasteiger partial charge is 0.277 e. The molecule has 0 bridgehead atoms. The summed E-state index contributed by atoms with van der Waals surface area (Å²) in [5.41, 5.74) is 1.94. The lowest BCUT2D eigenvalue weighted by atomic mass is 10.1. The Balaban J connectivity index is 1.58. The van der Waals surface area contributed by atoms with Crippen molar-refractivity contribution in [1.82, 2.24) is 15.0 Å². The summed E-state index contributed by atoms with van der Waals surface area (Å²) in [6.07, 6.45) is 3.26. The van der Waals surface area contributed by atoms with Crippen LogP contribution in [0.15, 0.2) is 59.2 Å². The zero-order valence-electron chi connectivity index (χ0n) is 14.1. The number of carbonyl (C=O) groups is 1. The highest BCUT2D eigenvalue weighted by molar-refractivity contribution is 7.98. The molecule has 0 aliphatic rings. The maximum atomic E-state index is 12.5. The molecule has 2 aromatic heterocycles. The quantitative estimate of drug-likeness (QED) is 0.360. The van der Waals surface area contributed by atoms with Crippen LogP contribution in [0, 0.1) is 0 Å². The first-order valence-corrected chi connectivity index (χ1v) is 10.4. The number of benzene rings is 2. The highest BCUT2D eigenvalue weighted by atomic mass is 35.5. The molecular weight excluding hydrogens is 400 g/mol. The Morgan fingerprint density at radius 1 is 1.15 bits per heavy atom. The molecule has 2 aromatic carbocycles. The third-order valence-electron chi connectivity index (χ3n) is 3.89. The minimum atomic E-state index is -0.405. The number of halogens is 1. The Labute approximate surface area is 168 Å². The fourth-order valence-corrected chi connectivity index (χ4v) is 3.81. The number of nitrogens with zero attached hydrogens (tertiary/aromatic N) is 3. The zero-order chi connectivity index (χ0) is 18.8. The highest BCUT2D eigenvalue weighted by Gasteiger charge is 2.16. The van der Waals surface area contributed by atoms with Gasteiger partial charge in [-0.1, -0.05) is 59.8 Å². The van der Waals surface area contributed by atoms with E-state index in [1.54, 1.807) is 0 Å². The zero-order valence-corrected chi connectivity index (χ0v) is 16.5. The van der Waals surface area contributed by atoms with Crippen LogP contribution in [-0.2, 0) is 0 Å². The van der Waals surface area contributed by atoms with E-state index in [4.69, 9.17) is 11.6 Å². The lowest BCUT2D eigenvalue weighted by Gasteiger charge is -2.04. The largest absolute Gasteiger partial charge is 0.296 e. The summed E-state index contributed by atoms with van der Waals surface area (Å²) in [5.74, 6) is -0.405. The molecule has 4 aromatic rings. The third-order valence-corrected chi connectivity index (χ3v) is 5.49. The average Bonchev–Trinajstić information content (AvgIpc) is 3.16. The van der Waals surface area contributed by atoms with Crippen molar-refractivity contribution in [1.29, 1.82) is 0 Å². The first-order valence-electron chi connectivity index (χ1n) is 7.96. The van der Waals surface area contributed by atoms with Crippen molar-refractivity contribution in [2.45, 2.75) is 5.16 Å². The number of rotatable bonds is 4. The van der Waals surface area contributed by atoms with Gasteiger partial charge in [-0.05, 0) is 23.1 Å². The molecule has 0 saturated carbocycles. The molecule has 0 atom stereocenters. The molecule has 1 N–H and O–H groups in total. The first kappa shape index (κ1) is 17.9. The van der Waals surface area contributed by atoms with Gasteiger partial charge in [0.05, 0.1) is 16.9 Å². The number of aromatic nitrogens is 3. The average molecular weight is 413 g/mol. The van der Waals surface area contributed by atoms with Gasteiger partial charge < -0.3 is 0 Å². The molecule has 5 nitrogen and oxygen atoms in total. The van der Waals surface area contributed by atoms with Crippen LogP contribution in [-0.4, -0.2) is 27.1 Å². The van der Waals surface area contributed by atoms with Crippen molar-refractivity contribution >= 4 is 56.5 Å². The molecular formula is C19H13ClN4OS2. The first-order chi connectivity index (χ1) is 13.1. The van der Waals surface area contributed by atoms with Crippen LogP contribution in [0.5, 0.6) is 0 Å². The molecule has 2 heterocycles. The van der Waals surface area contributed by atoms with E-state index in [1.807, 2.05) is 29.8 Å². The van der Waals surface area contributed by atoms with Gasteiger partial charge >= 0.3 is 0 Å². The van der Waals surface area contributed by atoms with E-state index in [0.29, 0.717) is 10.3 Å². The predicted octanol–water partition coefficient (Wildman–Crippen LogP) is 5.38. The summed E-state index contributed by atoms with van der Waals surface area (Å²) in [6, 6.07) is 14.3. The normalized spacial score (nSPS) is 10.9. The fraction of sp³-hybridized carbons (Fsp3) is 0.0526. The van der Waals surface area contributed by atoms with Crippen molar-refractivity contribution in [3.63, 3.8) is 0 Å². The molecule has 27 heavy (non-hydrogen) atoms. The summed E-state index contributed by atoms with van der Waals surface area (Å²) in [7, 11) is 0. The Morgan fingerprint density at radius 3 is 2.78 bits per heavy atom. The summed E-state index contributed by atoms with van der Waals surface area (Å²) in [4.78, 5) is 25.2. The standard InChI is InChI=1S/C19H13ClN4OS2/c1-26-18-21-9-14(20)16(23-18)17(25)24-19-22-15(10-27-19)13-7-6-11-4-2-3-5-12(11)8-13/h2-10H,1H3,(H,22,24,25). The Kier molecular flexibility index (Phi) is 5.07. The maximum Gasteiger partial charge on any atom is 0.277 e. The van der Waals surface area contributed by atoms with E-state index in [1.165, 1.54) is 34.7 Å². The molecule has 8 heteroatoms. The Bertz CT molecular complexity index is 1150. The van der Waals surface area contributed by atoms with E-state index in [9.17, 15) is 4.79 Å². The molecule has 1 amide bonds. The van der Waals surface area contributed by atoms with Gasteiger partial charge in [0, 0.05) is 10.9 Å². The van der Waals surface area contributed by atoms with Crippen LogP contribution >= 0.6 is 34.7 Å². The van der Waals surface area contributed by atoms with Gasteiger partial charge in [-0.3, -0.25) is 10.1 Å². The van der Waals surface area contributed by atoms with Crippen molar-refractivity contribution in [2.75, 3.05) is 11.6 Å². The molecule has 134 valence electrons. The number of thiazole rings is 1. The van der Waals surface area contributed by atoms with Gasteiger partial charge in [-0.2, -0.15) is 0 Å². The third kappa shape index (κ3) is 3.80. The lowest BCUT2D eigenvalue weighted by molar-refractivity contribution is 0.102. The van der Waals surface area contributed by atoms with E-state index >= 15 is 0 Å². The van der Waals surface area contributed by atoms with Crippen LogP contribution in [0.25, 0.3) is 22.0 Å². The van der Waals surface area contributed by atoms with Gasteiger partial charge in [0.2, 0.25) is 0 Å². The second-order valence-electron chi connectivity index (χ2n) is 5.61. The van der Waals surface area contributed by atoms with Crippen molar-refractivity contribution < 1.29 is 4.79 Å². The number of nitrogens with one attached hydrogen (secondary N) is 1. The van der Waals surface area contributed by atoms with Crippen LogP contribution in [0.1, 0.15) is 10.5 Å². The topological polar surface area (TPSA) is 67.8 Å². The number of hydrogen-bond donors (Lipinski definition) is 1. The number of hydrogen-bond acceptors (Lipinski definition) is 6. The molecule has 0 fully saturated rings. The number of amides is 1. The van der Waals surface area contributed by atoms with E-state index in [2.05, 4.69) is 44.5 Å². The summed E-state index contributed by atoms with van der Waals surface area (Å²) < 4.78 is 0. The second kappa shape index (κ2) is 7.64. The highest BCUT2D eigenvalue weighted by Crippen LogP contribution is 2.28. The maximum absolute atomic E-state index is 12.5. The minimum absolute atomic E-state index is 0.137. The molecule has 0 spiro atoms. The van der Waals surface area contributed by atoms with E-state index in [0.717, 1.165) is 16.6 Å². The van der Waals surface area contributed by atoms with Gasteiger partial charge in [0.15, 0.2) is 16.0 Å². The summed E-state index contributed by atoms with van der Waals surface area (Å²) in [5, 5.41) is 8.17. The van der Waals surface area contributed by atoms with Crippen LogP contribution in [0.2, 0.25) is 5.02 Å². The predicted molar refractivity (Wildman–Crippen MR) is 112 cm³/mol. The van der Waals surface area contributed by atoms with Crippen LogP contribution in [0.3, 0.4) is 0 Å². The number of thioether (sulfide) groups is 1. The van der Waals surface area contributed by atoms with Gasteiger partial charge in [0.25, 0.3) is 5.91 Å². The summed E-state index contributed by atoms with van der Waals surface area (Å²) in [6.45, 7) is 0. The Hall–Kier alpha value is -2.48.